The summed E-state index contributed by atoms with van der Waals surface area (Å²) in [6, 6.07) is 5.61. The largest absolute Gasteiger partial charge is 0.481 e. The highest BCUT2D eigenvalue weighted by Crippen LogP contribution is 2.35. The summed E-state index contributed by atoms with van der Waals surface area (Å²) in [6.45, 7) is 19.9. The molecule has 0 radical (unpaired) electrons. The Kier molecular flexibility index (Phi) is 7.50. The fourth-order valence-electron chi connectivity index (χ4n) is 5.08. The number of hydrogen-bond acceptors (Lipinski definition) is 6. The summed E-state index contributed by atoms with van der Waals surface area (Å²) in [5.41, 5.74) is 9.17. The SMILES string of the molecule is C=C(/N=C1/CN(C2=CCC(=C)C3OCCN(C)C3=C2C)CCC1=C)Nc1ccc(CC(=O)O)c(C)c1. The third-order valence-electron chi connectivity index (χ3n) is 7.08. The number of rotatable bonds is 6. The van der Waals surface area contributed by atoms with Crippen LogP contribution in [0.25, 0.3) is 0 Å². The van der Waals surface area contributed by atoms with Gasteiger partial charge in [-0.05, 0) is 66.7 Å². The van der Waals surface area contributed by atoms with Crippen LogP contribution in [0.3, 0.4) is 0 Å². The Morgan fingerprint density at radius 2 is 2.06 bits per heavy atom. The van der Waals surface area contributed by atoms with Crippen molar-refractivity contribution in [2.75, 3.05) is 38.6 Å². The molecule has 1 unspecified atom stereocenters. The molecule has 0 bridgehead atoms. The van der Waals surface area contributed by atoms with E-state index in [4.69, 9.17) is 14.8 Å². The Labute approximate surface area is 213 Å². The predicted octanol–water partition coefficient (Wildman–Crippen LogP) is 4.66. The highest BCUT2D eigenvalue weighted by Gasteiger charge is 2.32. The number of morpholine rings is 1. The molecule has 0 saturated carbocycles. The molecule has 2 aliphatic heterocycles. The van der Waals surface area contributed by atoms with Gasteiger partial charge in [-0.25, -0.2) is 4.99 Å². The van der Waals surface area contributed by atoms with E-state index in [2.05, 4.69) is 54.9 Å². The van der Waals surface area contributed by atoms with E-state index in [0.29, 0.717) is 19.0 Å². The first-order chi connectivity index (χ1) is 17.1. The van der Waals surface area contributed by atoms with E-state index < -0.39 is 5.97 Å². The second-order valence-electron chi connectivity index (χ2n) is 9.75. The van der Waals surface area contributed by atoms with E-state index in [0.717, 1.165) is 59.6 Å². The molecule has 7 nitrogen and oxygen atoms in total. The van der Waals surface area contributed by atoms with Crippen molar-refractivity contribution in [1.82, 2.24) is 9.80 Å². The summed E-state index contributed by atoms with van der Waals surface area (Å²) < 4.78 is 6.09. The number of piperidine rings is 1. The van der Waals surface area contributed by atoms with Gasteiger partial charge in [0.25, 0.3) is 0 Å². The average Bonchev–Trinajstić information content (AvgIpc) is 2.94. The monoisotopic (exact) mass is 488 g/mol. The number of benzene rings is 1. The second kappa shape index (κ2) is 10.6. The Morgan fingerprint density at radius 1 is 1.28 bits per heavy atom. The van der Waals surface area contributed by atoms with E-state index >= 15 is 0 Å². The number of hydrogen-bond donors (Lipinski definition) is 2. The maximum absolute atomic E-state index is 11.0. The first-order valence-corrected chi connectivity index (χ1v) is 12.3. The first-order valence-electron chi connectivity index (χ1n) is 12.3. The molecule has 0 spiro atoms. The lowest BCUT2D eigenvalue weighted by Crippen LogP contribution is -2.41. The van der Waals surface area contributed by atoms with Crippen LogP contribution in [-0.4, -0.2) is 66.0 Å². The van der Waals surface area contributed by atoms with Crippen molar-refractivity contribution >= 4 is 17.4 Å². The Balaban J connectivity index is 1.52. The number of anilines is 1. The number of fused-ring (bicyclic) bond motifs is 1. The smallest absolute Gasteiger partial charge is 0.307 e. The predicted molar refractivity (Wildman–Crippen MR) is 145 cm³/mol. The van der Waals surface area contributed by atoms with Gasteiger partial charge < -0.3 is 25.0 Å². The van der Waals surface area contributed by atoms with Gasteiger partial charge in [0, 0.05) is 31.5 Å². The lowest BCUT2D eigenvalue weighted by molar-refractivity contribution is -0.136. The number of likely N-dealkylation sites (tertiary alicyclic amines) is 1. The van der Waals surface area contributed by atoms with Crippen molar-refractivity contribution in [1.29, 1.82) is 0 Å². The molecule has 0 aromatic heterocycles. The molecular weight excluding hydrogens is 452 g/mol. The van der Waals surface area contributed by atoms with Crippen molar-refractivity contribution in [3.8, 4) is 0 Å². The first kappa shape index (κ1) is 25.5. The normalized spacial score (nSPS) is 21.8. The molecule has 1 aliphatic carbocycles. The molecular formula is C29H36N4O3. The summed E-state index contributed by atoms with van der Waals surface area (Å²) in [7, 11) is 2.13. The number of aryl methyl sites for hydroxylation is 1. The topological polar surface area (TPSA) is 77.4 Å². The van der Waals surface area contributed by atoms with Crippen LogP contribution < -0.4 is 5.32 Å². The fourth-order valence-corrected chi connectivity index (χ4v) is 5.08. The minimum atomic E-state index is -0.841. The van der Waals surface area contributed by atoms with Crippen LogP contribution in [0.15, 0.2) is 82.9 Å². The molecule has 4 rings (SSSR count). The second-order valence-corrected chi connectivity index (χ2v) is 9.75. The summed E-state index contributed by atoms with van der Waals surface area (Å²) in [6.07, 6.45) is 3.82. The molecule has 2 heterocycles. The van der Waals surface area contributed by atoms with Crippen molar-refractivity contribution in [2.24, 2.45) is 4.99 Å². The number of ether oxygens (including phenoxy) is 1. The summed E-state index contributed by atoms with van der Waals surface area (Å²) in [4.78, 5) is 20.5. The quantitative estimate of drug-likeness (QED) is 0.568. The molecule has 7 heteroatoms. The lowest BCUT2D eigenvalue weighted by atomic mass is 9.99. The van der Waals surface area contributed by atoms with E-state index in [9.17, 15) is 4.79 Å². The average molecular weight is 489 g/mol. The fraction of sp³-hybridized carbons (Fsp3) is 0.379. The Morgan fingerprint density at radius 3 is 2.78 bits per heavy atom. The molecule has 3 aliphatic rings. The summed E-state index contributed by atoms with van der Waals surface area (Å²) in [5, 5.41) is 12.3. The maximum atomic E-state index is 11.0. The van der Waals surface area contributed by atoms with Crippen LogP contribution in [0.5, 0.6) is 0 Å². The van der Waals surface area contributed by atoms with Crippen molar-refractivity contribution in [2.45, 2.75) is 39.2 Å². The maximum Gasteiger partial charge on any atom is 0.307 e. The van der Waals surface area contributed by atoms with Gasteiger partial charge in [0.2, 0.25) is 0 Å². The van der Waals surface area contributed by atoms with Crippen LogP contribution in [0.4, 0.5) is 5.69 Å². The molecule has 0 amide bonds. The summed E-state index contributed by atoms with van der Waals surface area (Å²) >= 11 is 0. The third kappa shape index (κ3) is 5.46. The lowest BCUT2D eigenvalue weighted by Gasteiger charge is -2.38. The van der Waals surface area contributed by atoms with Gasteiger partial charge in [0.15, 0.2) is 0 Å². The van der Waals surface area contributed by atoms with Crippen LogP contribution in [0.2, 0.25) is 0 Å². The summed E-state index contributed by atoms with van der Waals surface area (Å²) in [5.74, 6) is -0.315. The van der Waals surface area contributed by atoms with E-state index in [1.807, 2.05) is 25.1 Å². The number of aliphatic imine (C=N–C) groups is 1. The molecule has 2 N–H and O–H groups in total. The molecule has 2 fully saturated rings. The van der Waals surface area contributed by atoms with E-state index in [-0.39, 0.29) is 12.5 Å². The molecule has 1 aromatic rings. The van der Waals surface area contributed by atoms with Crippen LogP contribution >= 0.6 is 0 Å². The van der Waals surface area contributed by atoms with Gasteiger partial charge in [0.05, 0.1) is 31.0 Å². The number of aliphatic carboxylic acids is 1. The molecule has 2 saturated heterocycles. The molecule has 36 heavy (non-hydrogen) atoms. The zero-order valence-corrected chi connectivity index (χ0v) is 21.6. The highest BCUT2D eigenvalue weighted by molar-refractivity contribution is 6.02. The molecule has 1 aromatic carbocycles. The number of carboxylic acids is 1. The Hall–Kier alpha value is -3.58. The van der Waals surface area contributed by atoms with Gasteiger partial charge in [-0.2, -0.15) is 0 Å². The standard InChI is InChI=1S/C29H36N4O3/c1-18-11-12-33(26-10-7-19(2)29-28(21(26)4)32(6)13-14-36-29)17-25(18)31-22(5)30-24-9-8-23(16-27(34)35)20(3)15-24/h8-10,15,29-30H,1-2,5,7,11-14,16-17H2,3-4,6H3,(H,34,35)/b31-25-. The highest BCUT2D eigenvalue weighted by atomic mass is 16.5. The van der Waals surface area contributed by atoms with Gasteiger partial charge in [-0.3, -0.25) is 4.79 Å². The Bertz CT molecular complexity index is 1210. The number of nitrogens with zero attached hydrogens (tertiary/aromatic N) is 3. The number of likely N-dealkylation sites (N-methyl/N-ethyl adjacent to an activating group) is 1. The molecule has 1 atom stereocenters. The van der Waals surface area contributed by atoms with Gasteiger partial charge in [-0.1, -0.05) is 31.9 Å². The third-order valence-corrected chi connectivity index (χ3v) is 7.08. The van der Waals surface area contributed by atoms with E-state index in [1.165, 1.54) is 17.0 Å². The van der Waals surface area contributed by atoms with Crippen LogP contribution in [0, 0.1) is 6.92 Å². The van der Waals surface area contributed by atoms with Crippen molar-refractivity contribution in [3.63, 3.8) is 0 Å². The van der Waals surface area contributed by atoms with Gasteiger partial charge >= 0.3 is 5.97 Å². The van der Waals surface area contributed by atoms with Crippen molar-refractivity contribution in [3.05, 3.63) is 89.1 Å². The van der Waals surface area contributed by atoms with Crippen LogP contribution in [-0.2, 0) is 16.0 Å². The number of allylic oxidation sites excluding steroid dienone is 2. The van der Waals surface area contributed by atoms with Crippen molar-refractivity contribution < 1.29 is 14.6 Å². The number of carboxylic acid groups (broad SMARTS) is 1. The number of carbonyl (C=O) groups is 1. The minimum absolute atomic E-state index is 0.00641. The zero-order chi connectivity index (χ0) is 26.0. The minimum Gasteiger partial charge on any atom is -0.481 e. The number of nitrogens with one attached hydrogen (secondary N) is 1. The molecule has 190 valence electrons. The van der Waals surface area contributed by atoms with Gasteiger partial charge in [0.1, 0.15) is 11.9 Å². The van der Waals surface area contributed by atoms with E-state index in [1.54, 1.807) is 0 Å². The van der Waals surface area contributed by atoms with Gasteiger partial charge in [-0.15, -0.1) is 0 Å². The zero-order valence-electron chi connectivity index (χ0n) is 21.6. The van der Waals surface area contributed by atoms with Crippen LogP contribution in [0.1, 0.15) is 30.9 Å².